The van der Waals surface area contributed by atoms with Crippen LogP contribution in [0.1, 0.15) is 18.5 Å². The molecule has 1 atom stereocenters. The van der Waals surface area contributed by atoms with E-state index in [2.05, 4.69) is 10.6 Å². The number of halogens is 1. The summed E-state index contributed by atoms with van der Waals surface area (Å²) in [6, 6.07) is 13.0. The van der Waals surface area contributed by atoms with Crippen LogP contribution in [0.5, 0.6) is 0 Å². The smallest absolute Gasteiger partial charge is 0.316 e. The van der Waals surface area contributed by atoms with Crippen LogP contribution in [0.2, 0.25) is 0 Å². The van der Waals surface area contributed by atoms with Crippen LogP contribution in [0.15, 0.2) is 48.5 Å². The molecule has 5 heteroatoms. The molecule has 0 aromatic heterocycles. The van der Waals surface area contributed by atoms with Gasteiger partial charge < -0.3 is 16.4 Å². The zero-order valence-electron chi connectivity index (χ0n) is 11.1. The standard InChI is InChI=1S/C15H16FN3O/c1-10(11-2-4-12(16)5-3-11)18-13-6-8-14(9-7-13)19-15(17)20/h2-10,18H,1H3,(H3,17,19,20). The second kappa shape index (κ2) is 6.06. The number of urea groups is 1. The molecule has 0 spiro atoms. The summed E-state index contributed by atoms with van der Waals surface area (Å²) in [5.74, 6) is -0.247. The first-order valence-corrected chi connectivity index (χ1v) is 6.23. The number of nitrogens with one attached hydrogen (secondary N) is 2. The summed E-state index contributed by atoms with van der Waals surface area (Å²) >= 11 is 0. The molecule has 0 aliphatic rings. The molecule has 2 rings (SSSR count). The second-order valence-electron chi connectivity index (χ2n) is 4.48. The van der Waals surface area contributed by atoms with Gasteiger partial charge in [0.05, 0.1) is 0 Å². The Balaban J connectivity index is 2.02. The number of carbonyl (C=O) groups is 1. The van der Waals surface area contributed by atoms with Gasteiger partial charge in [-0.3, -0.25) is 0 Å². The van der Waals surface area contributed by atoms with Crippen LogP contribution >= 0.6 is 0 Å². The highest BCUT2D eigenvalue weighted by molar-refractivity contribution is 5.87. The van der Waals surface area contributed by atoms with Crippen LogP contribution in [0.4, 0.5) is 20.6 Å². The monoisotopic (exact) mass is 273 g/mol. The first-order valence-electron chi connectivity index (χ1n) is 6.23. The number of rotatable bonds is 4. The molecule has 4 N–H and O–H groups in total. The van der Waals surface area contributed by atoms with E-state index in [-0.39, 0.29) is 11.9 Å². The van der Waals surface area contributed by atoms with Crippen molar-refractivity contribution in [2.45, 2.75) is 13.0 Å². The van der Waals surface area contributed by atoms with E-state index >= 15 is 0 Å². The lowest BCUT2D eigenvalue weighted by molar-refractivity contribution is 0.259. The van der Waals surface area contributed by atoms with Gasteiger partial charge in [0.15, 0.2) is 0 Å². The van der Waals surface area contributed by atoms with E-state index in [1.54, 1.807) is 24.3 Å². The SMILES string of the molecule is CC(Nc1ccc(NC(N)=O)cc1)c1ccc(F)cc1. The number of amides is 2. The Morgan fingerprint density at radius 3 is 2.15 bits per heavy atom. The fraction of sp³-hybridized carbons (Fsp3) is 0.133. The molecule has 20 heavy (non-hydrogen) atoms. The number of nitrogens with two attached hydrogens (primary N) is 1. The average Bonchev–Trinajstić information content (AvgIpc) is 2.41. The third kappa shape index (κ3) is 3.71. The van der Waals surface area contributed by atoms with Gasteiger partial charge in [-0.15, -0.1) is 0 Å². The average molecular weight is 273 g/mol. The lowest BCUT2D eigenvalue weighted by Crippen LogP contribution is -2.19. The number of anilines is 2. The van der Waals surface area contributed by atoms with E-state index in [9.17, 15) is 9.18 Å². The van der Waals surface area contributed by atoms with Gasteiger partial charge in [-0.2, -0.15) is 0 Å². The fourth-order valence-corrected chi connectivity index (χ4v) is 1.88. The number of carbonyl (C=O) groups excluding carboxylic acids is 1. The Morgan fingerprint density at radius 2 is 1.60 bits per heavy atom. The molecule has 2 aromatic rings. The number of hydrogen-bond acceptors (Lipinski definition) is 2. The summed E-state index contributed by atoms with van der Waals surface area (Å²) in [7, 11) is 0. The Bertz CT molecular complexity index is 581. The predicted octanol–water partition coefficient (Wildman–Crippen LogP) is 3.49. The number of hydrogen-bond donors (Lipinski definition) is 3. The molecule has 0 bridgehead atoms. The van der Waals surface area contributed by atoms with E-state index < -0.39 is 6.03 Å². The molecule has 0 heterocycles. The lowest BCUT2D eigenvalue weighted by atomic mass is 10.1. The highest BCUT2D eigenvalue weighted by Crippen LogP contribution is 2.21. The number of primary amides is 1. The van der Waals surface area contributed by atoms with Gasteiger partial charge >= 0.3 is 6.03 Å². The first-order chi connectivity index (χ1) is 9.54. The topological polar surface area (TPSA) is 67.2 Å². The summed E-state index contributed by atoms with van der Waals surface area (Å²) in [4.78, 5) is 10.7. The summed E-state index contributed by atoms with van der Waals surface area (Å²) in [5.41, 5.74) is 7.56. The Kier molecular flexibility index (Phi) is 4.20. The largest absolute Gasteiger partial charge is 0.379 e. The molecule has 0 saturated heterocycles. The minimum atomic E-state index is -0.592. The Hall–Kier alpha value is -2.56. The minimum Gasteiger partial charge on any atom is -0.379 e. The lowest BCUT2D eigenvalue weighted by Gasteiger charge is -2.16. The van der Waals surface area contributed by atoms with Crippen molar-refractivity contribution in [3.05, 3.63) is 59.9 Å². The van der Waals surface area contributed by atoms with Crippen molar-refractivity contribution in [3.63, 3.8) is 0 Å². The summed E-state index contributed by atoms with van der Waals surface area (Å²) < 4.78 is 12.9. The highest BCUT2D eigenvalue weighted by atomic mass is 19.1. The van der Waals surface area contributed by atoms with Crippen molar-refractivity contribution < 1.29 is 9.18 Å². The molecule has 2 amide bonds. The van der Waals surface area contributed by atoms with E-state index in [0.717, 1.165) is 11.3 Å². The van der Waals surface area contributed by atoms with Crippen LogP contribution < -0.4 is 16.4 Å². The fourth-order valence-electron chi connectivity index (χ4n) is 1.88. The molecule has 104 valence electrons. The third-order valence-corrected chi connectivity index (χ3v) is 2.91. The Labute approximate surface area is 116 Å². The highest BCUT2D eigenvalue weighted by Gasteiger charge is 2.05. The van der Waals surface area contributed by atoms with Crippen molar-refractivity contribution in [3.8, 4) is 0 Å². The maximum Gasteiger partial charge on any atom is 0.316 e. The minimum absolute atomic E-state index is 0.0468. The third-order valence-electron chi connectivity index (χ3n) is 2.91. The normalized spacial score (nSPS) is 11.7. The second-order valence-corrected chi connectivity index (χ2v) is 4.48. The first kappa shape index (κ1) is 13.9. The van der Waals surface area contributed by atoms with E-state index in [4.69, 9.17) is 5.73 Å². The van der Waals surface area contributed by atoms with Gasteiger partial charge in [-0.1, -0.05) is 12.1 Å². The van der Waals surface area contributed by atoms with Crippen molar-refractivity contribution in [1.82, 2.24) is 0 Å². The van der Waals surface area contributed by atoms with Crippen LogP contribution in [-0.2, 0) is 0 Å². The van der Waals surface area contributed by atoms with E-state index in [1.807, 2.05) is 19.1 Å². The molecule has 0 fully saturated rings. The molecule has 0 aliphatic carbocycles. The Morgan fingerprint density at radius 1 is 1.05 bits per heavy atom. The molecule has 4 nitrogen and oxygen atoms in total. The van der Waals surface area contributed by atoms with Crippen molar-refractivity contribution >= 4 is 17.4 Å². The number of benzene rings is 2. The van der Waals surface area contributed by atoms with Gasteiger partial charge in [-0.05, 0) is 48.9 Å². The van der Waals surface area contributed by atoms with Crippen molar-refractivity contribution in [2.75, 3.05) is 10.6 Å². The van der Waals surface area contributed by atoms with Crippen LogP contribution in [-0.4, -0.2) is 6.03 Å². The predicted molar refractivity (Wildman–Crippen MR) is 78.1 cm³/mol. The molecular weight excluding hydrogens is 257 g/mol. The maximum atomic E-state index is 12.9. The summed E-state index contributed by atoms with van der Waals surface area (Å²) in [6.45, 7) is 1.99. The molecular formula is C15H16FN3O. The van der Waals surface area contributed by atoms with Gasteiger partial charge in [0, 0.05) is 17.4 Å². The quantitative estimate of drug-likeness (QED) is 0.798. The molecule has 0 radical (unpaired) electrons. The zero-order valence-corrected chi connectivity index (χ0v) is 11.1. The van der Waals surface area contributed by atoms with Gasteiger partial charge in [0.2, 0.25) is 0 Å². The van der Waals surface area contributed by atoms with Crippen LogP contribution in [0, 0.1) is 5.82 Å². The molecule has 1 unspecified atom stereocenters. The van der Waals surface area contributed by atoms with Crippen molar-refractivity contribution in [2.24, 2.45) is 5.73 Å². The molecule has 0 aliphatic heterocycles. The molecule has 2 aromatic carbocycles. The van der Waals surface area contributed by atoms with Gasteiger partial charge in [-0.25, -0.2) is 9.18 Å². The van der Waals surface area contributed by atoms with Gasteiger partial charge in [0.1, 0.15) is 5.82 Å². The van der Waals surface area contributed by atoms with Crippen LogP contribution in [0.25, 0.3) is 0 Å². The van der Waals surface area contributed by atoms with Crippen molar-refractivity contribution in [1.29, 1.82) is 0 Å². The van der Waals surface area contributed by atoms with Crippen LogP contribution in [0.3, 0.4) is 0 Å². The summed E-state index contributed by atoms with van der Waals surface area (Å²) in [5, 5.41) is 5.78. The maximum absolute atomic E-state index is 12.9. The van der Waals surface area contributed by atoms with E-state index in [0.29, 0.717) is 5.69 Å². The van der Waals surface area contributed by atoms with Gasteiger partial charge in [0.25, 0.3) is 0 Å². The zero-order chi connectivity index (χ0) is 14.5. The summed E-state index contributed by atoms with van der Waals surface area (Å²) in [6.07, 6.45) is 0. The molecule has 0 saturated carbocycles. The van der Waals surface area contributed by atoms with E-state index in [1.165, 1.54) is 12.1 Å².